The van der Waals surface area contributed by atoms with Crippen LogP contribution < -0.4 is 10.6 Å². The van der Waals surface area contributed by atoms with Crippen LogP contribution in [-0.4, -0.2) is 29.8 Å². The van der Waals surface area contributed by atoms with Gasteiger partial charge < -0.3 is 10.6 Å². The second kappa shape index (κ2) is 9.45. The highest BCUT2D eigenvalue weighted by Gasteiger charge is 2.26. The number of anilines is 1. The van der Waals surface area contributed by atoms with Gasteiger partial charge in [0, 0.05) is 30.2 Å². The summed E-state index contributed by atoms with van der Waals surface area (Å²) in [5.74, 6) is -1.26. The summed E-state index contributed by atoms with van der Waals surface area (Å²) in [6.45, 7) is 6.14. The predicted molar refractivity (Wildman–Crippen MR) is 125 cm³/mol. The Morgan fingerprint density at radius 1 is 1.00 bits per heavy atom. The lowest BCUT2D eigenvalue weighted by Crippen LogP contribution is -2.43. The predicted octanol–water partition coefficient (Wildman–Crippen LogP) is 4.22. The fraction of sp³-hybridized carbons (Fsp3) is 0.280. The highest BCUT2D eigenvalue weighted by molar-refractivity contribution is 7.10. The van der Waals surface area contributed by atoms with Crippen molar-refractivity contribution < 1.29 is 9.59 Å². The molecule has 2 aromatic carbocycles. The molecule has 2 heterocycles. The van der Waals surface area contributed by atoms with E-state index in [4.69, 9.17) is 0 Å². The maximum Gasteiger partial charge on any atom is 0.313 e. The molecule has 0 aliphatic carbocycles. The Morgan fingerprint density at radius 3 is 2.55 bits per heavy atom. The Labute approximate surface area is 187 Å². The molecule has 6 heteroatoms. The van der Waals surface area contributed by atoms with Gasteiger partial charge in [-0.1, -0.05) is 36.4 Å². The molecule has 1 aliphatic rings. The van der Waals surface area contributed by atoms with E-state index in [2.05, 4.69) is 51.2 Å². The molecule has 0 bridgehead atoms. The number of fused-ring (bicyclic) bond motifs is 1. The van der Waals surface area contributed by atoms with Crippen LogP contribution in [-0.2, 0) is 22.6 Å². The van der Waals surface area contributed by atoms with E-state index < -0.39 is 11.8 Å². The van der Waals surface area contributed by atoms with Gasteiger partial charge in [-0.25, -0.2) is 0 Å². The molecule has 0 spiro atoms. The zero-order valence-corrected chi connectivity index (χ0v) is 18.7. The number of nitrogens with one attached hydrogen (secondary N) is 2. The summed E-state index contributed by atoms with van der Waals surface area (Å²) in [6.07, 6.45) is 0.985. The van der Waals surface area contributed by atoms with Crippen LogP contribution in [0.2, 0.25) is 0 Å². The molecular formula is C25H27N3O2S. The van der Waals surface area contributed by atoms with Gasteiger partial charge in [-0.05, 0) is 66.1 Å². The molecule has 160 valence electrons. The van der Waals surface area contributed by atoms with Gasteiger partial charge in [-0.15, -0.1) is 11.3 Å². The smallest absolute Gasteiger partial charge is 0.313 e. The van der Waals surface area contributed by atoms with Crippen LogP contribution in [0.25, 0.3) is 0 Å². The molecule has 0 saturated carbocycles. The van der Waals surface area contributed by atoms with Crippen molar-refractivity contribution in [1.29, 1.82) is 0 Å². The molecular weight excluding hydrogens is 406 g/mol. The Bertz CT molecular complexity index is 1080. The van der Waals surface area contributed by atoms with Crippen molar-refractivity contribution >= 4 is 28.8 Å². The van der Waals surface area contributed by atoms with Crippen molar-refractivity contribution in [3.63, 3.8) is 0 Å². The second-order valence-electron chi connectivity index (χ2n) is 7.98. The van der Waals surface area contributed by atoms with Crippen LogP contribution in [0.4, 0.5) is 5.69 Å². The minimum atomic E-state index is -0.642. The Morgan fingerprint density at radius 2 is 1.81 bits per heavy atom. The maximum absolute atomic E-state index is 12.5. The second-order valence-corrected chi connectivity index (χ2v) is 8.96. The molecule has 1 aromatic heterocycles. The molecule has 2 amide bonds. The third-order valence-corrected chi connectivity index (χ3v) is 6.87. The average molecular weight is 434 g/mol. The van der Waals surface area contributed by atoms with Gasteiger partial charge in [0.1, 0.15) is 0 Å². The fourth-order valence-corrected chi connectivity index (χ4v) is 4.81. The number of aryl methyl sites for hydroxylation is 2. The molecule has 5 nitrogen and oxygen atoms in total. The van der Waals surface area contributed by atoms with Crippen molar-refractivity contribution in [1.82, 2.24) is 10.2 Å². The highest BCUT2D eigenvalue weighted by Crippen LogP contribution is 2.30. The number of hydrogen-bond acceptors (Lipinski definition) is 4. The molecule has 1 atom stereocenters. The number of carbonyl (C=O) groups is 2. The SMILES string of the molecule is Cc1ccc(NC(=O)C(=O)NC[C@H](c2cccs2)N2CCc3ccccc3C2)cc1C. The lowest BCUT2D eigenvalue weighted by atomic mass is 9.98. The molecule has 0 fully saturated rings. The Kier molecular flexibility index (Phi) is 6.49. The van der Waals surface area contributed by atoms with Crippen LogP contribution in [0.15, 0.2) is 60.0 Å². The molecule has 1 aliphatic heterocycles. The Hall–Kier alpha value is -2.96. The minimum Gasteiger partial charge on any atom is -0.346 e. The van der Waals surface area contributed by atoms with Crippen LogP contribution in [0, 0.1) is 13.8 Å². The van der Waals surface area contributed by atoms with Crippen molar-refractivity contribution in [2.75, 3.05) is 18.4 Å². The first-order chi connectivity index (χ1) is 15.0. The molecule has 0 saturated heterocycles. The van der Waals surface area contributed by atoms with E-state index >= 15 is 0 Å². The summed E-state index contributed by atoms with van der Waals surface area (Å²) < 4.78 is 0. The van der Waals surface area contributed by atoms with Gasteiger partial charge in [-0.3, -0.25) is 14.5 Å². The van der Waals surface area contributed by atoms with Gasteiger partial charge in [0.2, 0.25) is 0 Å². The summed E-state index contributed by atoms with van der Waals surface area (Å²) in [5.41, 5.74) is 5.56. The van der Waals surface area contributed by atoms with Crippen molar-refractivity contribution in [2.24, 2.45) is 0 Å². The topological polar surface area (TPSA) is 61.4 Å². The molecule has 31 heavy (non-hydrogen) atoms. The summed E-state index contributed by atoms with van der Waals surface area (Å²) >= 11 is 1.68. The van der Waals surface area contributed by atoms with Gasteiger partial charge >= 0.3 is 11.8 Å². The zero-order valence-electron chi connectivity index (χ0n) is 17.9. The van der Waals surface area contributed by atoms with Gasteiger partial charge in [0.05, 0.1) is 6.04 Å². The summed E-state index contributed by atoms with van der Waals surface area (Å²) in [4.78, 5) is 28.5. The zero-order chi connectivity index (χ0) is 21.8. The number of amides is 2. The standard InChI is InChI=1S/C25H27N3O2S/c1-17-9-10-21(14-18(17)2)27-25(30)24(29)26-15-22(23-8-5-13-31-23)28-12-11-19-6-3-4-7-20(19)16-28/h3-10,13-14,22H,11-12,15-16H2,1-2H3,(H,26,29)(H,27,30)/t22-/m1/s1. The summed E-state index contributed by atoms with van der Waals surface area (Å²) in [6, 6.07) is 18.3. The largest absolute Gasteiger partial charge is 0.346 e. The van der Waals surface area contributed by atoms with Crippen LogP contribution >= 0.6 is 11.3 Å². The van der Waals surface area contributed by atoms with Crippen LogP contribution in [0.5, 0.6) is 0 Å². The van der Waals surface area contributed by atoms with E-state index in [1.807, 2.05) is 38.1 Å². The van der Waals surface area contributed by atoms with Gasteiger partial charge in [0.15, 0.2) is 0 Å². The van der Waals surface area contributed by atoms with Crippen molar-refractivity contribution in [2.45, 2.75) is 32.9 Å². The molecule has 0 unspecified atom stereocenters. The van der Waals surface area contributed by atoms with E-state index in [0.717, 1.165) is 30.6 Å². The molecule has 0 radical (unpaired) electrons. The monoisotopic (exact) mass is 433 g/mol. The van der Waals surface area contributed by atoms with Gasteiger partial charge in [0.25, 0.3) is 0 Å². The summed E-state index contributed by atoms with van der Waals surface area (Å²) in [7, 11) is 0. The maximum atomic E-state index is 12.5. The van der Waals surface area contributed by atoms with E-state index in [1.165, 1.54) is 16.0 Å². The normalized spacial score (nSPS) is 14.5. The highest BCUT2D eigenvalue weighted by atomic mass is 32.1. The third kappa shape index (κ3) is 5.03. The van der Waals surface area contributed by atoms with Crippen molar-refractivity contribution in [3.8, 4) is 0 Å². The quantitative estimate of drug-likeness (QED) is 0.593. The third-order valence-electron chi connectivity index (χ3n) is 5.90. The number of thiophene rings is 1. The first kappa shape index (κ1) is 21.3. The van der Waals surface area contributed by atoms with Crippen LogP contribution in [0.1, 0.15) is 33.2 Å². The van der Waals surface area contributed by atoms with E-state index in [-0.39, 0.29) is 6.04 Å². The summed E-state index contributed by atoms with van der Waals surface area (Å²) in [5, 5.41) is 7.60. The lowest BCUT2D eigenvalue weighted by molar-refractivity contribution is -0.136. The van der Waals surface area contributed by atoms with Crippen molar-refractivity contribution in [3.05, 3.63) is 87.1 Å². The van der Waals surface area contributed by atoms with E-state index in [1.54, 1.807) is 11.3 Å². The lowest BCUT2D eigenvalue weighted by Gasteiger charge is -2.35. The van der Waals surface area contributed by atoms with Gasteiger partial charge in [-0.2, -0.15) is 0 Å². The average Bonchev–Trinajstić information content (AvgIpc) is 3.31. The molecule has 2 N–H and O–H groups in total. The number of hydrogen-bond donors (Lipinski definition) is 2. The molecule has 3 aromatic rings. The number of rotatable bonds is 5. The first-order valence-corrected chi connectivity index (χ1v) is 11.4. The number of benzene rings is 2. The Balaban J connectivity index is 1.41. The minimum absolute atomic E-state index is 0.0340. The van der Waals surface area contributed by atoms with E-state index in [0.29, 0.717) is 12.2 Å². The van der Waals surface area contributed by atoms with Crippen LogP contribution in [0.3, 0.4) is 0 Å². The number of nitrogens with zero attached hydrogens (tertiary/aromatic N) is 1. The van der Waals surface area contributed by atoms with E-state index in [9.17, 15) is 9.59 Å². The first-order valence-electron chi connectivity index (χ1n) is 10.5. The molecule has 4 rings (SSSR count). The number of carbonyl (C=O) groups excluding carboxylic acids is 2. The fourth-order valence-electron chi connectivity index (χ4n) is 3.95.